The Morgan fingerprint density at radius 3 is 2.78 bits per heavy atom. The normalized spacial score (nSPS) is 12.2. The standard InChI is InChI=1S/C14H22N2OS/c1-10-5-6-12(15)9-13(10)14(17)16(3)11(2)7-8-18-4/h5-6,9,11H,7-8,15H2,1-4H3. The third-order valence-corrected chi connectivity index (χ3v) is 3.86. The number of nitrogens with two attached hydrogens (primary N) is 1. The SMILES string of the molecule is CSCCC(C)N(C)C(=O)c1cc(N)ccc1C. The molecule has 1 amide bonds. The van der Waals surface area contributed by atoms with E-state index in [2.05, 4.69) is 13.2 Å². The van der Waals surface area contributed by atoms with Crippen LogP contribution in [0.4, 0.5) is 5.69 Å². The summed E-state index contributed by atoms with van der Waals surface area (Å²) in [5.74, 6) is 1.11. The van der Waals surface area contributed by atoms with Crippen LogP contribution in [0.1, 0.15) is 29.3 Å². The van der Waals surface area contributed by atoms with E-state index in [1.54, 1.807) is 22.7 Å². The maximum Gasteiger partial charge on any atom is 0.254 e. The number of thioether (sulfide) groups is 1. The highest BCUT2D eigenvalue weighted by molar-refractivity contribution is 7.98. The number of amides is 1. The highest BCUT2D eigenvalue weighted by Crippen LogP contribution is 2.17. The number of hydrogen-bond donors (Lipinski definition) is 1. The van der Waals surface area contributed by atoms with Crippen molar-refractivity contribution in [1.82, 2.24) is 4.90 Å². The second-order valence-corrected chi connectivity index (χ2v) is 5.61. The number of hydrogen-bond acceptors (Lipinski definition) is 3. The van der Waals surface area contributed by atoms with Gasteiger partial charge in [-0.05, 0) is 50.0 Å². The Labute approximate surface area is 114 Å². The Morgan fingerprint density at radius 2 is 2.17 bits per heavy atom. The average molecular weight is 266 g/mol. The van der Waals surface area contributed by atoms with Crippen LogP contribution >= 0.6 is 11.8 Å². The van der Waals surface area contributed by atoms with Crippen molar-refractivity contribution < 1.29 is 4.79 Å². The smallest absolute Gasteiger partial charge is 0.254 e. The van der Waals surface area contributed by atoms with Gasteiger partial charge in [-0.25, -0.2) is 0 Å². The van der Waals surface area contributed by atoms with Crippen LogP contribution in [0, 0.1) is 6.92 Å². The molecule has 4 heteroatoms. The van der Waals surface area contributed by atoms with Gasteiger partial charge in [0.05, 0.1) is 0 Å². The van der Waals surface area contributed by atoms with Crippen molar-refractivity contribution in [3.8, 4) is 0 Å². The first kappa shape index (κ1) is 14.9. The summed E-state index contributed by atoms with van der Waals surface area (Å²) in [6.45, 7) is 4.02. The van der Waals surface area contributed by atoms with Crippen molar-refractivity contribution in [2.45, 2.75) is 26.3 Å². The average Bonchev–Trinajstić information content (AvgIpc) is 2.37. The topological polar surface area (TPSA) is 46.3 Å². The van der Waals surface area contributed by atoms with Gasteiger partial charge in [-0.15, -0.1) is 0 Å². The molecule has 1 rings (SSSR count). The van der Waals surface area contributed by atoms with E-state index >= 15 is 0 Å². The molecule has 0 aliphatic heterocycles. The summed E-state index contributed by atoms with van der Waals surface area (Å²) in [5, 5.41) is 0. The van der Waals surface area contributed by atoms with Gasteiger partial charge in [-0.1, -0.05) is 6.07 Å². The van der Waals surface area contributed by atoms with Gasteiger partial charge in [-0.2, -0.15) is 11.8 Å². The lowest BCUT2D eigenvalue weighted by Crippen LogP contribution is -2.35. The number of carbonyl (C=O) groups is 1. The zero-order valence-electron chi connectivity index (χ0n) is 11.6. The predicted molar refractivity (Wildman–Crippen MR) is 80.1 cm³/mol. The van der Waals surface area contributed by atoms with Crippen LogP contribution in [0.25, 0.3) is 0 Å². The van der Waals surface area contributed by atoms with Gasteiger partial charge in [0.15, 0.2) is 0 Å². The summed E-state index contributed by atoms with van der Waals surface area (Å²) in [6, 6.07) is 5.72. The van der Waals surface area contributed by atoms with Crippen molar-refractivity contribution in [3.63, 3.8) is 0 Å². The van der Waals surface area contributed by atoms with Gasteiger partial charge in [0.25, 0.3) is 5.91 Å². The zero-order chi connectivity index (χ0) is 13.7. The fourth-order valence-electron chi connectivity index (χ4n) is 1.74. The summed E-state index contributed by atoms with van der Waals surface area (Å²) in [5.41, 5.74) is 8.05. The van der Waals surface area contributed by atoms with Crippen molar-refractivity contribution in [2.24, 2.45) is 0 Å². The monoisotopic (exact) mass is 266 g/mol. The molecule has 3 nitrogen and oxygen atoms in total. The molecule has 0 spiro atoms. The summed E-state index contributed by atoms with van der Waals surface area (Å²) in [6.07, 6.45) is 3.08. The molecule has 0 aliphatic rings. The first-order valence-electron chi connectivity index (χ1n) is 6.09. The molecule has 100 valence electrons. The number of aryl methyl sites for hydroxylation is 1. The fraction of sp³-hybridized carbons (Fsp3) is 0.500. The third-order valence-electron chi connectivity index (χ3n) is 3.21. The molecule has 18 heavy (non-hydrogen) atoms. The Kier molecular flexibility index (Phi) is 5.54. The van der Waals surface area contributed by atoms with E-state index in [1.165, 1.54) is 0 Å². The van der Waals surface area contributed by atoms with Crippen LogP contribution in [0.15, 0.2) is 18.2 Å². The molecule has 0 heterocycles. The van der Waals surface area contributed by atoms with Crippen LogP contribution in [0.5, 0.6) is 0 Å². The molecule has 0 fully saturated rings. The number of anilines is 1. The maximum atomic E-state index is 12.4. The summed E-state index contributed by atoms with van der Waals surface area (Å²) in [7, 11) is 1.86. The summed E-state index contributed by atoms with van der Waals surface area (Å²) in [4.78, 5) is 14.2. The lowest BCUT2D eigenvalue weighted by Gasteiger charge is -2.25. The largest absolute Gasteiger partial charge is 0.399 e. The molecule has 0 saturated heterocycles. The van der Waals surface area contributed by atoms with Crippen LogP contribution < -0.4 is 5.73 Å². The number of nitrogen functional groups attached to an aromatic ring is 1. The predicted octanol–water partition coefficient (Wildman–Crippen LogP) is 2.79. The quantitative estimate of drug-likeness (QED) is 0.834. The van der Waals surface area contributed by atoms with Crippen molar-refractivity contribution in [1.29, 1.82) is 0 Å². The Morgan fingerprint density at radius 1 is 1.50 bits per heavy atom. The van der Waals surface area contributed by atoms with Gasteiger partial charge in [0.1, 0.15) is 0 Å². The minimum Gasteiger partial charge on any atom is -0.399 e. The van der Waals surface area contributed by atoms with E-state index in [0.29, 0.717) is 11.3 Å². The van der Waals surface area contributed by atoms with Gasteiger partial charge in [-0.3, -0.25) is 4.79 Å². The van der Waals surface area contributed by atoms with Gasteiger partial charge < -0.3 is 10.6 Å². The highest BCUT2D eigenvalue weighted by atomic mass is 32.2. The van der Waals surface area contributed by atoms with Crippen LogP contribution in [0.3, 0.4) is 0 Å². The lowest BCUT2D eigenvalue weighted by molar-refractivity contribution is 0.0740. The van der Waals surface area contributed by atoms with Crippen molar-refractivity contribution >= 4 is 23.4 Å². The molecule has 0 bridgehead atoms. The molecule has 0 aliphatic carbocycles. The van der Waals surface area contributed by atoms with E-state index < -0.39 is 0 Å². The molecular weight excluding hydrogens is 244 g/mol. The number of nitrogens with zero attached hydrogens (tertiary/aromatic N) is 1. The first-order chi connectivity index (χ1) is 8.47. The van der Waals surface area contributed by atoms with E-state index in [1.807, 2.05) is 26.1 Å². The molecule has 0 radical (unpaired) electrons. The molecule has 1 unspecified atom stereocenters. The number of carbonyl (C=O) groups excluding carboxylic acids is 1. The molecule has 2 N–H and O–H groups in total. The first-order valence-corrected chi connectivity index (χ1v) is 7.49. The zero-order valence-corrected chi connectivity index (χ0v) is 12.4. The lowest BCUT2D eigenvalue weighted by atomic mass is 10.1. The summed E-state index contributed by atoms with van der Waals surface area (Å²) >= 11 is 1.80. The molecule has 1 atom stereocenters. The Balaban J connectivity index is 2.82. The molecule has 0 saturated carbocycles. The van der Waals surface area contributed by atoms with E-state index in [-0.39, 0.29) is 11.9 Å². The van der Waals surface area contributed by atoms with Crippen LogP contribution in [0.2, 0.25) is 0 Å². The minimum atomic E-state index is 0.0494. The second kappa shape index (κ2) is 6.69. The van der Waals surface area contributed by atoms with E-state index in [0.717, 1.165) is 17.7 Å². The van der Waals surface area contributed by atoms with Crippen molar-refractivity contribution in [3.05, 3.63) is 29.3 Å². The van der Waals surface area contributed by atoms with Crippen molar-refractivity contribution in [2.75, 3.05) is 24.8 Å². The van der Waals surface area contributed by atoms with Crippen LogP contribution in [-0.4, -0.2) is 35.9 Å². The Bertz CT molecular complexity index is 420. The summed E-state index contributed by atoms with van der Waals surface area (Å²) < 4.78 is 0. The number of rotatable bonds is 5. The maximum absolute atomic E-state index is 12.4. The molecule has 0 aromatic heterocycles. The van der Waals surface area contributed by atoms with Gasteiger partial charge >= 0.3 is 0 Å². The van der Waals surface area contributed by atoms with E-state index in [4.69, 9.17) is 5.73 Å². The third kappa shape index (κ3) is 3.67. The second-order valence-electron chi connectivity index (χ2n) is 4.62. The van der Waals surface area contributed by atoms with Gasteiger partial charge in [0, 0.05) is 24.3 Å². The minimum absolute atomic E-state index is 0.0494. The highest BCUT2D eigenvalue weighted by Gasteiger charge is 2.18. The number of benzene rings is 1. The molecular formula is C14H22N2OS. The van der Waals surface area contributed by atoms with Gasteiger partial charge in [0.2, 0.25) is 0 Å². The fourth-order valence-corrected chi connectivity index (χ4v) is 2.32. The Hall–Kier alpha value is -1.16. The molecule has 1 aromatic carbocycles. The van der Waals surface area contributed by atoms with Crippen LogP contribution in [-0.2, 0) is 0 Å². The molecule has 1 aromatic rings. The van der Waals surface area contributed by atoms with E-state index in [9.17, 15) is 4.79 Å².